The predicted molar refractivity (Wildman–Crippen MR) is 244 cm³/mol. The van der Waals surface area contributed by atoms with Gasteiger partial charge in [0, 0.05) is 34.1 Å². The summed E-state index contributed by atoms with van der Waals surface area (Å²) in [6.45, 7) is 3.75. The van der Waals surface area contributed by atoms with Gasteiger partial charge in [-0.2, -0.15) is 0 Å². The van der Waals surface area contributed by atoms with E-state index in [2.05, 4.69) is 241 Å². The molecule has 0 aliphatic rings. The van der Waals surface area contributed by atoms with Crippen LogP contribution in [0.25, 0.3) is 33.4 Å². The number of anilines is 6. The van der Waals surface area contributed by atoms with E-state index in [9.17, 15) is 0 Å². The van der Waals surface area contributed by atoms with Crippen LogP contribution in [0.15, 0.2) is 249 Å². The zero-order chi connectivity index (χ0) is 38.7. The van der Waals surface area contributed by atoms with Crippen LogP contribution in [0.5, 0.6) is 0 Å². The molecule has 0 amide bonds. The molecule has 8 rings (SSSR count). The Morgan fingerprint density at radius 1 is 0.298 bits per heavy atom. The normalized spacial score (nSPS) is 11.2. The maximum absolute atomic E-state index is 3.75. The summed E-state index contributed by atoms with van der Waals surface area (Å²) in [6.07, 6.45) is 10.8. The molecule has 0 radical (unpaired) electrons. The SMILES string of the molecule is C=C/C=C\C=C/Cc1ccc(N(c2ccc(-c3ccccc3)cc2)c2ccc(N(c3ccc(-c4ccccc4)cc3)c3ccc(-c4ccccc4)cc3)cc2)cc1. The highest BCUT2D eigenvalue weighted by Gasteiger charge is 2.17. The van der Waals surface area contributed by atoms with Gasteiger partial charge < -0.3 is 9.80 Å². The molecule has 2 heteroatoms. The molecule has 0 aromatic heterocycles. The molecule has 0 atom stereocenters. The number of nitrogens with zero attached hydrogens (tertiary/aromatic N) is 2. The Bertz CT molecular complexity index is 2450. The van der Waals surface area contributed by atoms with E-state index >= 15 is 0 Å². The summed E-state index contributed by atoms with van der Waals surface area (Å²) >= 11 is 0. The standard InChI is InChI=1S/C55H44N2/c1-2-3-4-5-9-16-43-23-31-50(32-24-43)56(51-33-25-47(26-34-51)44-17-10-6-11-18-44)54-39-41-55(42-40-54)57(52-35-27-48(28-36-52)45-19-12-7-13-20-45)53-37-29-49(30-38-53)46-21-14-8-15-22-46/h2-15,17-42H,1,16H2/b4-3-,9-5-. The van der Waals surface area contributed by atoms with E-state index < -0.39 is 0 Å². The lowest BCUT2D eigenvalue weighted by atomic mass is 10.0. The van der Waals surface area contributed by atoms with Crippen molar-refractivity contribution in [3.05, 3.63) is 255 Å². The van der Waals surface area contributed by atoms with Gasteiger partial charge in [-0.15, -0.1) is 0 Å². The van der Waals surface area contributed by atoms with Gasteiger partial charge in [-0.25, -0.2) is 0 Å². The Kier molecular flexibility index (Phi) is 11.4. The second kappa shape index (κ2) is 17.8. The molecule has 8 aromatic carbocycles. The topological polar surface area (TPSA) is 6.48 Å². The van der Waals surface area contributed by atoms with Crippen molar-refractivity contribution in [2.24, 2.45) is 0 Å². The fraction of sp³-hybridized carbons (Fsp3) is 0.0182. The Morgan fingerprint density at radius 2 is 0.579 bits per heavy atom. The van der Waals surface area contributed by atoms with Crippen LogP contribution in [0.3, 0.4) is 0 Å². The Morgan fingerprint density at radius 3 is 0.895 bits per heavy atom. The highest BCUT2D eigenvalue weighted by Crippen LogP contribution is 2.40. The fourth-order valence-corrected chi connectivity index (χ4v) is 7.15. The van der Waals surface area contributed by atoms with Gasteiger partial charge in [0.05, 0.1) is 0 Å². The zero-order valence-electron chi connectivity index (χ0n) is 31.9. The third-order valence-corrected chi connectivity index (χ3v) is 10.1. The van der Waals surface area contributed by atoms with E-state index in [1.807, 2.05) is 12.2 Å². The quantitative estimate of drug-likeness (QED) is 0.109. The Labute approximate surface area is 337 Å². The minimum absolute atomic E-state index is 0.858. The molecule has 0 aliphatic carbocycles. The lowest BCUT2D eigenvalue weighted by Gasteiger charge is -2.29. The van der Waals surface area contributed by atoms with Crippen molar-refractivity contribution in [2.45, 2.75) is 6.42 Å². The summed E-state index contributed by atoms with van der Waals surface area (Å²) in [6, 6.07) is 76.0. The van der Waals surface area contributed by atoms with E-state index in [0.717, 1.165) is 40.5 Å². The van der Waals surface area contributed by atoms with Crippen LogP contribution in [0.2, 0.25) is 0 Å². The van der Waals surface area contributed by atoms with Gasteiger partial charge in [-0.3, -0.25) is 0 Å². The van der Waals surface area contributed by atoms with Crippen LogP contribution in [-0.4, -0.2) is 0 Å². The third-order valence-electron chi connectivity index (χ3n) is 10.1. The van der Waals surface area contributed by atoms with E-state index in [1.165, 1.54) is 38.9 Å². The minimum atomic E-state index is 0.858. The Balaban J connectivity index is 1.15. The zero-order valence-corrected chi connectivity index (χ0v) is 31.9. The van der Waals surface area contributed by atoms with Gasteiger partial charge >= 0.3 is 0 Å². The molecule has 0 N–H and O–H groups in total. The average Bonchev–Trinajstić information content (AvgIpc) is 3.29. The molecular weight excluding hydrogens is 689 g/mol. The van der Waals surface area contributed by atoms with Crippen LogP contribution in [0.1, 0.15) is 5.56 Å². The highest BCUT2D eigenvalue weighted by atomic mass is 15.2. The summed E-state index contributed by atoms with van der Waals surface area (Å²) in [5, 5.41) is 0. The van der Waals surface area contributed by atoms with E-state index in [-0.39, 0.29) is 0 Å². The van der Waals surface area contributed by atoms with Gasteiger partial charge in [0.1, 0.15) is 0 Å². The maximum Gasteiger partial charge on any atom is 0.0463 e. The van der Waals surface area contributed by atoms with Gasteiger partial charge in [0.15, 0.2) is 0 Å². The van der Waals surface area contributed by atoms with Crippen molar-refractivity contribution in [1.29, 1.82) is 0 Å². The molecular formula is C55H44N2. The smallest absolute Gasteiger partial charge is 0.0463 e. The second-order valence-electron chi connectivity index (χ2n) is 13.8. The van der Waals surface area contributed by atoms with Gasteiger partial charge in [-0.1, -0.05) is 176 Å². The first-order valence-corrected chi connectivity index (χ1v) is 19.4. The van der Waals surface area contributed by atoms with Crippen LogP contribution in [0, 0.1) is 0 Å². The summed E-state index contributed by atoms with van der Waals surface area (Å²) in [7, 11) is 0. The lowest BCUT2D eigenvalue weighted by Crippen LogP contribution is -2.12. The molecule has 0 spiro atoms. The number of benzene rings is 8. The molecule has 0 aliphatic heterocycles. The van der Waals surface area contributed by atoms with E-state index in [1.54, 1.807) is 6.08 Å². The van der Waals surface area contributed by atoms with E-state index in [0.29, 0.717) is 0 Å². The summed E-state index contributed by atoms with van der Waals surface area (Å²) in [4.78, 5) is 4.66. The van der Waals surface area contributed by atoms with E-state index in [4.69, 9.17) is 0 Å². The molecule has 2 nitrogen and oxygen atoms in total. The minimum Gasteiger partial charge on any atom is -0.311 e. The average molecular weight is 733 g/mol. The first kappa shape index (κ1) is 36.6. The summed E-state index contributed by atoms with van der Waals surface area (Å²) in [5.74, 6) is 0. The summed E-state index contributed by atoms with van der Waals surface area (Å²) < 4.78 is 0. The van der Waals surface area contributed by atoms with Crippen molar-refractivity contribution < 1.29 is 0 Å². The first-order chi connectivity index (χ1) is 28.2. The van der Waals surface area contributed by atoms with Crippen LogP contribution in [-0.2, 0) is 6.42 Å². The molecule has 0 bridgehead atoms. The number of hydrogen-bond donors (Lipinski definition) is 0. The van der Waals surface area contributed by atoms with Crippen molar-refractivity contribution in [3.63, 3.8) is 0 Å². The van der Waals surface area contributed by atoms with Gasteiger partial charge in [0.2, 0.25) is 0 Å². The lowest BCUT2D eigenvalue weighted by molar-refractivity contribution is 1.23. The predicted octanol–water partition coefficient (Wildman–Crippen LogP) is 15.5. The third kappa shape index (κ3) is 8.78. The van der Waals surface area contributed by atoms with Crippen LogP contribution >= 0.6 is 0 Å². The molecule has 0 saturated heterocycles. The van der Waals surface area contributed by atoms with Crippen molar-refractivity contribution >= 4 is 34.1 Å². The number of rotatable bonds is 13. The summed E-state index contributed by atoms with van der Waals surface area (Å²) in [5.41, 5.74) is 15.0. The second-order valence-corrected chi connectivity index (χ2v) is 13.8. The molecule has 0 fully saturated rings. The van der Waals surface area contributed by atoms with Crippen molar-refractivity contribution in [3.8, 4) is 33.4 Å². The Hall–Kier alpha value is -7.42. The molecule has 0 unspecified atom stereocenters. The number of hydrogen-bond acceptors (Lipinski definition) is 2. The van der Waals surface area contributed by atoms with Crippen molar-refractivity contribution in [1.82, 2.24) is 0 Å². The van der Waals surface area contributed by atoms with Gasteiger partial charge in [0.25, 0.3) is 0 Å². The largest absolute Gasteiger partial charge is 0.311 e. The number of allylic oxidation sites excluding steroid dienone is 5. The van der Waals surface area contributed by atoms with Crippen LogP contribution < -0.4 is 9.80 Å². The fourth-order valence-electron chi connectivity index (χ4n) is 7.15. The first-order valence-electron chi connectivity index (χ1n) is 19.4. The molecule has 274 valence electrons. The molecule has 57 heavy (non-hydrogen) atoms. The van der Waals surface area contributed by atoms with Gasteiger partial charge in [-0.05, 0) is 118 Å². The maximum atomic E-state index is 3.75. The molecule has 8 aromatic rings. The van der Waals surface area contributed by atoms with Crippen LogP contribution in [0.4, 0.5) is 34.1 Å². The highest BCUT2D eigenvalue weighted by molar-refractivity contribution is 5.83. The van der Waals surface area contributed by atoms with Crippen molar-refractivity contribution in [2.75, 3.05) is 9.80 Å². The molecule has 0 heterocycles. The molecule has 0 saturated carbocycles. The monoisotopic (exact) mass is 732 g/mol.